The fourth-order valence-electron chi connectivity index (χ4n) is 9.24. The summed E-state index contributed by atoms with van der Waals surface area (Å²) in [5.74, 6) is 1.27. The molecule has 0 aliphatic carbocycles. The quantitative estimate of drug-likeness (QED) is 0.0856. The number of benzene rings is 2. The van der Waals surface area contributed by atoms with Crippen molar-refractivity contribution in [3.05, 3.63) is 130 Å². The molecule has 2 aliphatic heterocycles. The van der Waals surface area contributed by atoms with Gasteiger partial charge in [0.2, 0.25) is 0 Å². The monoisotopic (exact) mass is 1020 g/mol. The molecule has 0 spiro atoms. The molecule has 8 heterocycles. The first kappa shape index (κ1) is 49.5. The number of carbonyl (C=O) groups is 2. The highest BCUT2D eigenvalue weighted by Crippen LogP contribution is 2.32. The summed E-state index contributed by atoms with van der Waals surface area (Å²) in [6.45, 7) is 7.75. The van der Waals surface area contributed by atoms with Gasteiger partial charge in [-0.15, -0.1) is 0 Å². The molecule has 10 rings (SSSR count). The summed E-state index contributed by atoms with van der Waals surface area (Å²) in [5.41, 5.74) is 4.71. The Morgan fingerprint density at radius 1 is 0.722 bits per heavy atom. The SMILES string of the molecule is CCOc1ccccc1C(=O)N1CCC[C@H](CNc2nc(-c3c[nH]c4ncc(Cl)cc34)ncc2F)C1.COc1c(C)cccc1C(=O)N1CCC[C@H](CNc2nc(-c3c[nH]c4ncc(Cl)cc34)ncc2F)C1. The number of fused-ring (bicyclic) bond motifs is 2. The van der Waals surface area contributed by atoms with Crippen LogP contribution in [-0.4, -0.2) is 114 Å². The predicted octanol–water partition coefficient (Wildman–Crippen LogP) is 10.3. The number of hydrogen-bond acceptors (Lipinski definition) is 12. The van der Waals surface area contributed by atoms with Gasteiger partial charge in [0.05, 0.1) is 47.3 Å². The summed E-state index contributed by atoms with van der Waals surface area (Å²) < 4.78 is 40.3. The lowest BCUT2D eigenvalue weighted by Gasteiger charge is -2.33. The van der Waals surface area contributed by atoms with Gasteiger partial charge in [-0.25, -0.2) is 38.7 Å². The lowest BCUT2D eigenvalue weighted by Crippen LogP contribution is -2.42. The van der Waals surface area contributed by atoms with Gasteiger partial charge >= 0.3 is 0 Å². The Bertz CT molecular complexity index is 3250. The van der Waals surface area contributed by atoms with E-state index in [2.05, 4.69) is 50.5 Å². The molecule has 0 unspecified atom stereocenters. The number of ether oxygens (including phenoxy) is 2. The highest BCUT2D eigenvalue weighted by Gasteiger charge is 2.29. The van der Waals surface area contributed by atoms with Gasteiger partial charge < -0.3 is 39.9 Å². The van der Waals surface area contributed by atoms with Crippen LogP contribution in [0, 0.1) is 30.4 Å². The molecule has 2 amide bonds. The van der Waals surface area contributed by atoms with E-state index in [9.17, 15) is 18.4 Å². The number of nitrogens with one attached hydrogen (secondary N) is 4. The van der Waals surface area contributed by atoms with E-state index in [4.69, 9.17) is 32.7 Å². The number of para-hydroxylation sites is 2. The molecule has 2 fully saturated rings. The number of pyridine rings is 2. The van der Waals surface area contributed by atoms with Crippen molar-refractivity contribution in [2.75, 3.05) is 63.6 Å². The van der Waals surface area contributed by atoms with Gasteiger partial charge in [0, 0.05) is 86.0 Å². The largest absolute Gasteiger partial charge is 0.496 e. The topological polar surface area (TPSA) is 192 Å². The van der Waals surface area contributed by atoms with E-state index in [0.717, 1.165) is 54.4 Å². The smallest absolute Gasteiger partial charge is 0.257 e. The number of amides is 2. The van der Waals surface area contributed by atoms with Crippen molar-refractivity contribution in [1.29, 1.82) is 0 Å². The number of piperidine rings is 2. The van der Waals surface area contributed by atoms with Gasteiger partial charge in [-0.2, -0.15) is 0 Å². The Hall–Kier alpha value is -7.44. The maximum Gasteiger partial charge on any atom is 0.257 e. The van der Waals surface area contributed by atoms with E-state index < -0.39 is 11.6 Å². The highest BCUT2D eigenvalue weighted by atomic mass is 35.5. The van der Waals surface area contributed by atoms with E-state index in [1.807, 2.05) is 54.0 Å². The lowest BCUT2D eigenvalue weighted by molar-refractivity contribution is 0.0669. The summed E-state index contributed by atoms with van der Waals surface area (Å²) >= 11 is 12.2. The lowest BCUT2D eigenvalue weighted by atomic mass is 9.97. The van der Waals surface area contributed by atoms with Crippen LogP contribution < -0.4 is 20.1 Å². The van der Waals surface area contributed by atoms with Crippen molar-refractivity contribution >= 4 is 68.7 Å². The van der Waals surface area contributed by atoms with E-state index >= 15 is 0 Å². The van der Waals surface area contributed by atoms with Gasteiger partial charge in [-0.1, -0.05) is 47.5 Å². The van der Waals surface area contributed by atoms with Crippen LogP contribution in [-0.2, 0) is 0 Å². The number of methoxy groups -OCH3 is 1. The summed E-state index contributed by atoms with van der Waals surface area (Å²) in [4.78, 5) is 61.9. The van der Waals surface area contributed by atoms with Crippen molar-refractivity contribution in [1.82, 2.24) is 49.7 Å². The molecule has 372 valence electrons. The van der Waals surface area contributed by atoms with E-state index in [1.54, 1.807) is 56.2 Å². The molecule has 2 aromatic carbocycles. The Kier molecular flexibility index (Phi) is 15.4. The van der Waals surface area contributed by atoms with Crippen LogP contribution in [0.4, 0.5) is 20.4 Å². The van der Waals surface area contributed by atoms with Gasteiger partial charge in [0.25, 0.3) is 11.8 Å². The normalized spacial score (nSPS) is 15.8. The molecule has 4 N–H and O–H groups in total. The molecule has 2 aliphatic rings. The van der Waals surface area contributed by atoms with Gasteiger partial charge in [0.1, 0.15) is 22.8 Å². The number of aromatic amines is 2. The highest BCUT2D eigenvalue weighted by molar-refractivity contribution is 6.31. The van der Waals surface area contributed by atoms with E-state index in [-0.39, 0.29) is 35.3 Å². The zero-order valence-electron chi connectivity index (χ0n) is 39.8. The van der Waals surface area contributed by atoms with Crippen LogP contribution in [0.1, 0.15) is 58.9 Å². The van der Waals surface area contributed by atoms with Crippen molar-refractivity contribution < 1.29 is 27.8 Å². The zero-order chi connectivity index (χ0) is 50.3. The van der Waals surface area contributed by atoms with Crippen LogP contribution >= 0.6 is 23.2 Å². The number of likely N-dealkylation sites (tertiary alicyclic amines) is 2. The van der Waals surface area contributed by atoms with Gasteiger partial charge in [-0.05, 0) is 87.3 Å². The number of nitrogens with zero attached hydrogens (tertiary/aromatic N) is 8. The molecule has 16 nitrogen and oxygen atoms in total. The number of aryl methyl sites for hydroxylation is 1. The van der Waals surface area contributed by atoms with Crippen molar-refractivity contribution in [3.63, 3.8) is 0 Å². The van der Waals surface area contributed by atoms with Gasteiger partial charge in [-0.3, -0.25) is 9.59 Å². The van der Waals surface area contributed by atoms with Crippen LogP contribution in [0.5, 0.6) is 11.5 Å². The summed E-state index contributed by atoms with van der Waals surface area (Å²) in [6, 6.07) is 16.4. The number of H-pyrrole nitrogens is 2. The number of anilines is 2. The predicted molar refractivity (Wildman–Crippen MR) is 274 cm³/mol. The van der Waals surface area contributed by atoms with Crippen molar-refractivity contribution in [2.45, 2.75) is 39.5 Å². The average molecular weight is 1020 g/mol. The Morgan fingerprint density at radius 2 is 1.24 bits per heavy atom. The third-order valence-corrected chi connectivity index (χ3v) is 13.2. The molecular formula is C52H52Cl2F2N12O4. The molecule has 2 atom stereocenters. The number of rotatable bonds is 13. The fraction of sp³-hybridized carbons (Fsp3) is 0.308. The maximum atomic E-state index is 14.6. The number of carbonyl (C=O) groups excluding carboxylic acids is 2. The van der Waals surface area contributed by atoms with Crippen LogP contribution in [0.15, 0.2) is 91.8 Å². The first-order chi connectivity index (χ1) is 35.0. The Labute approximate surface area is 423 Å². The molecule has 20 heteroatoms. The number of aromatic nitrogens is 8. The molecule has 8 aromatic rings. The average Bonchev–Trinajstić information content (AvgIpc) is 4.02. The minimum Gasteiger partial charge on any atom is -0.496 e. The van der Waals surface area contributed by atoms with Crippen molar-refractivity contribution in [3.8, 4) is 34.3 Å². The molecule has 6 aromatic heterocycles. The fourth-order valence-corrected chi connectivity index (χ4v) is 9.55. The minimum atomic E-state index is -0.539. The molecule has 0 bridgehead atoms. The van der Waals surface area contributed by atoms with Crippen LogP contribution in [0.2, 0.25) is 10.0 Å². The molecular weight excluding hydrogens is 966 g/mol. The first-order valence-electron chi connectivity index (χ1n) is 23.7. The number of halogens is 4. The van der Waals surface area contributed by atoms with E-state index in [1.165, 1.54) is 0 Å². The standard InChI is InChI=1S/2C26H26ClFN6O2/c1-15-5-3-7-18(22(15)36-2)26(35)34-8-4-6-16(14-34)10-29-25-21(28)13-32-24(33-25)20-12-31-23-19(20)9-17(27)11-30-23;1-2-36-22-8-4-3-7-18(22)26(35)34-9-5-6-16(15-34)11-29-25-21(28)14-32-24(33-25)20-13-31-23-19(20)10-17(27)12-30-23/h3,5,7,9,11-13,16H,4,6,8,10,14H2,1-2H3,(H,30,31)(H,29,32,33);3-4,7-8,10,12-14,16H,2,5-6,9,11,15H2,1H3,(H,30,31)(H,29,32,33)/t2*16-/m11/s1. The third kappa shape index (κ3) is 11.0. The molecule has 0 radical (unpaired) electrons. The molecule has 0 saturated carbocycles. The zero-order valence-corrected chi connectivity index (χ0v) is 41.3. The Morgan fingerprint density at radius 3 is 1.76 bits per heavy atom. The van der Waals surface area contributed by atoms with Crippen LogP contribution in [0.3, 0.4) is 0 Å². The number of hydrogen-bond donors (Lipinski definition) is 4. The minimum absolute atomic E-state index is 0.0501. The summed E-state index contributed by atoms with van der Waals surface area (Å²) in [5, 5.41) is 8.76. The molecule has 72 heavy (non-hydrogen) atoms. The summed E-state index contributed by atoms with van der Waals surface area (Å²) in [7, 11) is 1.58. The van der Waals surface area contributed by atoms with Crippen molar-refractivity contribution in [2.24, 2.45) is 11.8 Å². The third-order valence-electron chi connectivity index (χ3n) is 12.8. The molecule has 2 saturated heterocycles. The second-order valence-corrected chi connectivity index (χ2v) is 18.5. The summed E-state index contributed by atoms with van der Waals surface area (Å²) in [6.07, 6.45) is 12.5. The maximum absolute atomic E-state index is 14.6. The van der Waals surface area contributed by atoms with Gasteiger partial charge in [0.15, 0.2) is 34.9 Å². The second-order valence-electron chi connectivity index (χ2n) is 17.6. The second kappa shape index (κ2) is 22.3. The van der Waals surface area contributed by atoms with Crippen LogP contribution in [0.25, 0.3) is 44.8 Å². The van der Waals surface area contributed by atoms with E-state index in [0.29, 0.717) is 113 Å². The Balaban J connectivity index is 0.000000178. The first-order valence-corrected chi connectivity index (χ1v) is 24.5.